The van der Waals surface area contributed by atoms with Gasteiger partial charge in [0.15, 0.2) is 5.16 Å². The van der Waals surface area contributed by atoms with E-state index in [-0.39, 0.29) is 18.0 Å². The third kappa shape index (κ3) is 3.44. The normalized spacial score (nSPS) is 20.9. The second-order valence-electron chi connectivity index (χ2n) is 7.06. The smallest absolute Gasteiger partial charge is 0.242 e. The average Bonchev–Trinajstić information content (AvgIpc) is 3.45. The molecule has 1 amide bonds. The van der Waals surface area contributed by atoms with E-state index >= 15 is 0 Å². The Bertz CT molecular complexity index is 964. The van der Waals surface area contributed by atoms with Crippen molar-refractivity contribution in [1.82, 2.24) is 20.4 Å². The van der Waals surface area contributed by atoms with Crippen LogP contribution in [-0.2, 0) is 11.3 Å². The topological polar surface area (TPSA) is 71.0 Å². The molecule has 2 aromatic carbocycles. The van der Waals surface area contributed by atoms with Crippen molar-refractivity contribution in [3.63, 3.8) is 0 Å². The fourth-order valence-corrected chi connectivity index (χ4v) is 4.58. The Morgan fingerprint density at radius 2 is 1.93 bits per heavy atom. The van der Waals surface area contributed by atoms with Crippen LogP contribution in [0, 0.1) is 0 Å². The van der Waals surface area contributed by atoms with Gasteiger partial charge >= 0.3 is 0 Å². The van der Waals surface area contributed by atoms with Gasteiger partial charge in [-0.2, -0.15) is 0 Å². The number of hydrazine groups is 1. The number of imidazole rings is 1. The second-order valence-corrected chi connectivity index (χ2v) is 8.12. The summed E-state index contributed by atoms with van der Waals surface area (Å²) in [7, 11) is 0. The van der Waals surface area contributed by atoms with Crippen LogP contribution < -0.4 is 16.2 Å². The number of nitrogens with one attached hydrogen (secondary N) is 3. The number of rotatable bonds is 4. The van der Waals surface area contributed by atoms with Crippen LogP contribution in [0.1, 0.15) is 18.0 Å². The lowest BCUT2D eigenvalue weighted by atomic mass is 10.0. The van der Waals surface area contributed by atoms with E-state index in [0.29, 0.717) is 6.42 Å². The van der Waals surface area contributed by atoms with E-state index in [1.165, 1.54) is 5.56 Å². The van der Waals surface area contributed by atoms with Gasteiger partial charge in [-0.1, -0.05) is 54.2 Å². The highest BCUT2D eigenvalue weighted by Crippen LogP contribution is 2.29. The van der Waals surface area contributed by atoms with E-state index in [4.69, 9.17) is 0 Å². The van der Waals surface area contributed by atoms with Crippen LogP contribution in [0.2, 0.25) is 0 Å². The molecule has 2 aliphatic rings. The predicted molar refractivity (Wildman–Crippen MR) is 111 cm³/mol. The molecule has 6 nitrogen and oxygen atoms in total. The molecule has 1 fully saturated rings. The number of fused-ring (bicyclic) bond motifs is 1. The summed E-state index contributed by atoms with van der Waals surface area (Å²) in [5.74, 6) is 1.07. The highest BCUT2D eigenvalue weighted by molar-refractivity contribution is 7.99. The summed E-state index contributed by atoms with van der Waals surface area (Å²) in [5, 5.41) is 4.09. The number of hydrogen-bond donors (Lipinski definition) is 3. The van der Waals surface area contributed by atoms with E-state index in [9.17, 15) is 4.79 Å². The van der Waals surface area contributed by atoms with Crippen LogP contribution in [0.3, 0.4) is 0 Å². The first-order chi connectivity index (χ1) is 13.8. The van der Waals surface area contributed by atoms with Gasteiger partial charge in [0.05, 0.1) is 5.69 Å². The zero-order valence-corrected chi connectivity index (χ0v) is 16.1. The maximum Gasteiger partial charge on any atom is 0.242 e. The zero-order valence-electron chi connectivity index (χ0n) is 15.3. The number of thioether (sulfide) groups is 1. The molecule has 0 saturated carbocycles. The van der Waals surface area contributed by atoms with Crippen molar-refractivity contribution in [3.8, 4) is 11.3 Å². The quantitative estimate of drug-likeness (QED) is 0.637. The third-order valence-corrected chi connectivity index (χ3v) is 6.14. The second kappa shape index (κ2) is 7.43. The van der Waals surface area contributed by atoms with E-state index in [1.807, 2.05) is 42.5 Å². The van der Waals surface area contributed by atoms with Gasteiger partial charge in [-0.05, 0) is 24.1 Å². The Morgan fingerprint density at radius 3 is 2.71 bits per heavy atom. The van der Waals surface area contributed by atoms with Crippen LogP contribution in [0.25, 0.3) is 11.3 Å². The molecule has 0 aliphatic carbocycles. The predicted octanol–water partition coefficient (Wildman–Crippen LogP) is 3.20. The molecule has 2 unspecified atom stereocenters. The van der Waals surface area contributed by atoms with Crippen LogP contribution in [-0.4, -0.2) is 27.3 Å². The first-order valence-corrected chi connectivity index (χ1v) is 10.4. The van der Waals surface area contributed by atoms with Crippen molar-refractivity contribution in [2.45, 2.75) is 30.2 Å². The van der Waals surface area contributed by atoms with Crippen molar-refractivity contribution < 1.29 is 4.79 Å². The number of carbonyl (C=O) groups excluding carboxylic acids is 1. The Kier molecular flexibility index (Phi) is 4.64. The van der Waals surface area contributed by atoms with E-state index in [1.54, 1.807) is 11.8 Å². The number of hydrogen-bond acceptors (Lipinski definition) is 5. The molecule has 142 valence electrons. The first kappa shape index (κ1) is 17.5. The minimum absolute atomic E-state index is 0.0314. The van der Waals surface area contributed by atoms with E-state index < -0.39 is 0 Å². The molecular formula is C21H21N5OS. The summed E-state index contributed by atoms with van der Waals surface area (Å²) in [6.45, 7) is 1.02. The molecule has 3 N–H and O–H groups in total. The lowest BCUT2D eigenvalue weighted by molar-refractivity contribution is -0.117. The van der Waals surface area contributed by atoms with Gasteiger partial charge < -0.3 is 9.88 Å². The van der Waals surface area contributed by atoms with Crippen LogP contribution in [0.5, 0.6) is 0 Å². The van der Waals surface area contributed by atoms with Gasteiger partial charge in [-0.15, -0.1) is 0 Å². The summed E-state index contributed by atoms with van der Waals surface area (Å²) in [5.41, 5.74) is 10.3. The third-order valence-electron chi connectivity index (χ3n) is 5.17. The number of amides is 1. The summed E-state index contributed by atoms with van der Waals surface area (Å²) >= 11 is 1.79. The van der Waals surface area contributed by atoms with E-state index in [0.717, 1.165) is 34.4 Å². The number of anilines is 1. The lowest BCUT2D eigenvalue weighted by Gasteiger charge is -2.11. The van der Waals surface area contributed by atoms with Gasteiger partial charge in [0, 0.05) is 35.8 Å². The standard InChI is InChI=1S/C21H21N5OS/c27-20(18-12-17(24-25-18)14-4-2-1-3-5-14)22-16-8-6-15(7-9-16)19-13-26-10-11-28-21(26)23-19/h1-9,13,17-18,24-25H,10-12H2,(H,22,27). The Morgan fingerprint density at radius 1 is 1.11 bits per heavy atom. The Labute approximate surface area is 167 Å². The Hall–Kier alpha value is -2.61. The highest BCUT2D eigenvalue weighted by Gasteiger charge is 2.30. The number of aromatic nitrogens is 2. The number of nitrogens with zero attached hydrogens (tertiary/aromatic N) is 2. The molecule has 3 aromatic rings. The lowest BCUT2D eigenvalue weighted by Crippen LogP contribution is -2.39. The molecule has 1 aromatic heterocycles. The average molecular weight is 392 g/mol. The minimum atomic E-state index is -0.266. The number of aryl methyl sites for hydroxylation is 1. The van der Waals surface area contributed by atoms with Crippen molar-refractivity contribution >= 4 is 23.4 Å². The first-order valence-electron chi connectivity index (χ1n) is 9.43. The SMILES string of the molecule is O=C(Nc1ccc(-c2cn3c(n2)SCC3)cc1)C1CC(c2ccccc2)NN1. The van der Waals surface area contributed by atoms with Crippen LogP contribution in [0.15, 0.2) is 66.0 Å². The fourth-order valence-electron chi connectivity index (χ4n) is 3.63. The molecule has 2 atom stereocenters. The zero-order chi connectivity index (χ0) is 18.9. The summed E-state index contributed by atoms with van der Waals surface area (Å²) in [4.78, 5) is 17.3. The van der Waals surface area contributed by atoms with Gasteiger partial charge in [0.25, 0.3) is 0 Å². The van der Waals surface area contributed by atoms with Crippen molar-refractivity contribution in [2.24, 2.45) is 0 Å². The minimum Gasteiger partial charge on any atom is -0.325 e. The monoisotopic (exact) mass is 391 g/mol. The van der Waals surface area contributed by atoms with Crippen molar-refractivity contribution in [2.75, 3.05) is 11.1 Å². The Balaban J connectivity index is 1.22. The number of carbonyl (C=O) groups is 1. The molecule has 28 heavy (non-hydrogen) atoms. The van der Waals surface area contributed by atoms with Crippen LogP contribution >= 0.6 is 11.8 Å². The van der Waals surface area contributed by atoms with Gasteiger partial charge in [0.1, 0.15) is 6.04 Å². The number of benzene rings is 2. The molecule has 3 heterocycles. The molecule has 2 aliphatic heterocycles. The summed E-state index contributed by atoms with van der Waals surface area (Å²) < 4.78 is 2.19. The molecule has 1 saturated heterocycles. The van der Waals surface area contributed by atoms with Crippen molar-refractivity contribution in [1.29, 1.82) is 0 Å². The summed E-state index contributed by atoms with van der Waals surface area (Å²) in [6, 6.07) is 17.9. The molecule has 0 bridgehead atoms. The van der Waals surface area contributed by atoms with Gasteiger partial charge in [-0.3, -0.25) is 4.79 Å². The molecule has 0 spiro atoms. The maximum absolute atomic E-state index is 12.6. The van der Waals surface area contributed by atoms with Gasteiger partial charge in [-0.25, -0.2) is 15.8 Å². The van der Waals surface area contributed by atoms with Crippen molar-refractivity contribution in [3.05, 3.63) is 66.4 Å². The highest BCUT2D eigenvalue weighted by atomic mass is 32.2. The maximum atomic E-state index is 12.6. The molecule has 5 rings (SSSR count). The molecule has 7 heteroatoms. The summed E-state index contributed by atoms with van der Waals surface area (Å²) in [6.07, 6.45) is 2.81. The molecular weight excluding hydrogens is 370 g/mol. The fraction of sp³-hybridized carbons (Fsp3) is 0.238. The van der Waals surface area contributed by atoms with Crippen LogP contribution in [0.4, 0.5) is 5.69 Å². The van der Waals surface area contributed by atoms with E-state index in [2.05, 4.69) is 44.0 Å². The van der Waals surface area contributed by atoms with Gasteiger partial charge in [0.2, 0.25) is 5.91 Å². The molecule has 0 radical (unpaired) electrons. The largest absolute Gasteiger partial charge is 0.325 e.